The van der Waals surface area contributed by atoms with Crippen molar-refractivity contribution in [3.05, 3.63) is 16.8 Å². The van der Waals surface area contributed by atoms with Crippen molar-refractivity contribution in [2.24, 2.45) is 11.1 Å². The smallest absolute Gasteiger partial charge is 0.409 e. The van der Waals surface area contributed by atoms with Gasteiger partial charge in [0.15, 0.2) is 11.9 Å². The number of ketones is 1. The summed E-state index contributed by atoms with van der Waals surface area (Å²) in [7, 11) is 1.40. The van der Waals surface area contributed by atoms with Gasteiger partial charge in [-0.1, -0.05) is 27.2 Å². The standard InChI is InChI=1S/C19H27N3O6S/c1-5-19(2,3)8-12(21-18(26)28-11-6-7-29-10-11)17(25)22(4)14-13(23)9-27-15(14)16(20)24/h6-7,10,12,14-15H,5,8-9H2,1-4H3,(H2,20,24)(H,21,26)/t12-,14?,15?/m0/s1. The summed E-state index contributed by atoms with van der Waals surface area (Å²) >= 11 is 1.37. The predicted molar refractivity (Wildman–Crippen MR) is 106 cm³/mol. The van der Waals surface area contributed by atoms with E-state index in [2.05, 4.69) is 5.32 Å². The first-order chi connectivity index (χ1) is 13.6. The van der Waals surface area contributed by atoms with Crippen LogP contribution in [0.2, 0.25) is 0 Å². The van der Waals surface area contributed by atoms with Gasteiger partial charge in [-0.25, -0.2) is 4.79 Å². The number of hydrogen-bond donors (Lipinski definition) is 2. The second-order valence-electron chi connectivity index (χ2n) is 7.76. The van der Waals surface area contributed by atoms with E-state index >= 15 is 0 Å². The third-order valence-corrected chi connectivity index (χ3v) is 5.74. The van der Waals surface area contributed by atoms with E-state index in [0.29, 0.717) is 12.2 Å². The number of carbonyl (C=O) groups is 4. The second-order valence-corrected chi connectivity index (χ2v) is 8.54. The number of nitrogens with two attached hydrogens (primary N) is 1. The highest BCUT2D eigenvalue weighted by Gasteiger charge is 2.45. The van der Waals surface area contributed by atoms with Gasteiger partial charge >= 0.3 is 6.09 Å². The number of nitrogens with one attached hydrogen (secondary N) is 1. The number of Topliss-reactive ketones (excluding diaryl/α,β-unsaturated/α-hetero) is 1. The summed E-state index contributed by atoms with van der Waals surface area (Å²) in [6.07, 6.45) is -0.914. The molecule has 3 N–H and O–H groups in total. The lowest BCUT2D eigenvalue weighted by Crippen LogP contribution is -2.57. The fraction of sp³-hybridized carbons (Fsp3) is 0.579. The van der Waals surface area contributed by atoms with Gasteiger partial charge < -0.3 is 25.4 Å². The molecule has 0 bridgehead atoms. The molecule has 0 spiro atoms. The molecule has 3 amide bonds. The van der Waals surface area contributed by atoms with Crippen molar-refractivity contribution in [1.29, 1.82) is 0 Å². The highest BCUT2D eigenvalue weighted by molar-refractivity contribution is 7.08. The van der Waals surface area contributed by atoms with Gasteiger partial charge in [0.25, 0.3) is 0 Å². The molecule has 0 aliphatic carbocycles. The summed E-state index contributed by atoms with van der Waals surface area (Å²) in [5.74, 6) is -1.39. The fourth-order valence-electron chi connectivity index (χ4n) is 3.04. The summed E-state index contributed by atoms with van der Waals surface area (Å²) in [6.45, 7) is 5.62. The summed E-state index contributed by atoms with van der Waals surface area (Å²) in [6, 6.07) is -0.445. The zero-order valence-corrected chi connectivity index (χ0v) is 17.8. The molecule has 0 radical (unpaired) electrons. The molecule has 1 saturated heterocycles. The van der Waals surface area contributed by atoms with Gasteiger partial charge in [0.1, 0.15) is 24.4 Å². The molecular formula is C19H27N3O6S. The average Bonchev–Trinajstić information content (AvgIpc) is 3.29. The number of thiophene rings is 1. The molecule has 1 aromatic rings. The van der Waals surface area contributed by atoms with Gasteiger partial charge in [0.2, 0.25) is 11.8 Å². The number of likely N-dealkylation sites (N-methyl/N-ethyl adjacent to an activating group) is 1. The van der Waals surface area contributed by atoms with Crippen LogP contribution in [0, 0.1) is 5.41 Å². The number of rotatable bonds is 8. The van der Waals surface area contributed by atoms with Crippen LogP contribution in [-0.4, -0.2) is 60.4 Å². The third-order valence-electron chi connectivity index (χ3n) is 5.08. The minimum Gasteiger partial charge on any atom is -0.409 e. The number of hydrogen-bond acceptors (Lipinski definition) is 7. The molecule has 1 aliphatic rings. The van der Waals surface area contributed by atoms with Gasteiger partial charge in [-0.05, 0) is 23.3 Å². The van der Waals surface area contributed by atoms with Crippen molar-refractivity contribution in [3.8, 4) is 5.75 Å². The van der Waals surface area contributed by atoms with Crippen molar-refractivity contribution in [2.75, 3.05) is 13.7 Å². The van der Waals surface area contributed by atoms with Crippen LogP contribution in [0.5, 0.6) is 5.75 Å². The van der Waals surface area contributed by atoms with Crippen molar-refractivity contribution in [2.45, 2.75) is 51.8 Å². The third kappa shape index (κ3) is 5.77. The first kappa shape index (κ1) is 22.8. The SMILES string of the molecule is CCC(C)(C)C[C@H](NC(=O)Oc1ccsc1)C(=O)N(C)C1C(=O)COC1C(N)=O. The van der Waals surface area contributed by atoms with E-state index in [1.807, 2.05) is 20.8 Å². The van der Waals surface area contributed by atoms with Gasteiger partial charge in [0, 0.05) is 12.4 Å². The zero-order chi connectivity index (χ0) is 21.8. The fourth-order valence-corrected chi connectivity index (χ4v) is 3.59. The largest absolute Gasteiger partial charge is 0.413 e. The Morgan fingerprint density at radius 2 is 2.14 bits per heavy atom. The molecule has 3 atom stereocenters. The molecule has 1 aromatic heterocycles. The summed E-state index contributed by atoms with van der Waals surface area (Å²) in [5, 5.41) is 6.01. The van der Waals surface area contributed by atoms with Crippen molar-refractivity contribution >= 4 is 35.0 Å². The molecule has 1 fully saturated rings. The predicted octanol–water partition coefficient (Wildman–Crippen LogP) is 1.31. The van der Waals surface area contributed by atoms with Gasteiger partial charge in [-0.3, -0.25) is 14.4 Å². The van der Waals surface area contributed by atoms with Crippen LogP contribution in [0.25, 0.3) is 0 Å². The van der Waals surface area contributed by atoms with Gasteiger partial charge in [-0.15, -0.1) is 11.3 Å². The van der Waals surface area contributed by atoms with Crippen LogP contribution in [0.15, 0.2) is 16.8 Å². The Kier molecular flexibility index (Phi) is 7.37. The van der Waals surface area contributed by atoms with E-state index in [9.17, 15) is 19.2 Å². The number of amides is 3. The maximum Gasteiger partial charge on any atom is 0.413 e. The normalized spacial score (nSPS) is 20.2. The second kappa shape index (κ2) is 9.36. The maximum absolute atomic E-state index is 13.2. The van der Waals surface area contributed by atoms with E-state index < -0.39 is 41.9 Å². The van der Waals surface area contributed by atoms with E-state index in [4.69, 9.17) is 15.2 Å². The Bertz CT molecular complexity index is 764. The van der Waals surface area contributed by atoms with E-state index in [1.54, 1.807) is 16.8 Å². The topological polar surface area (TPSA) is 128 Å². The molecule has 2 unspecified atom stereocenters. The Morgan fingerprint density at radius 3 is 2.69 bits per heavy atom. The van der Waals surface area contributed by atoms with E-state index in [0.717, 1.165) is 11.3 Å². The van der Waals surface area contributed by atoms with Crippen LogP contribution >= 0.6 is 11.3 Å². The number of primary amides is 1. The highest BCUT2D eigenvalue weighted by Crippen LogP contribution is 2.28. The first-order valence-corrected chi connectivity index (χ1v) is 10.2. The lowest BCUT2D eigenvalue weighted by Gasteiger charge is -2.33. The molecule has 160 valence electrons. The highest BCUT2D eigenvalue weighted by atomic mass is 32.1. The molecular weight excluding hydrogens is 398 g/mol. The minimum atomic E-state index is -1.21. The molecule has 2 rings (SSSR count). The monoisotopic (exact) mass is 425 g/mol. The van der Waals surface area contributed by atoms with Crippen LogP contribution in [0.1, 0.15) is 33.6 Å². The molecule has 29 heavy (non-hydrogen) atoms. The summed E-state index contributed by atoms with van der Waals surface area (Å²) in [5.41, 5.74) is 5.03. The summed E-state index contributed by atoms with van der Waals surface area (Å²) < 4.78 is 10.3. The van der Waals surface area contributed by atoms with Gasteiger partial charge in [0.05, 0.1) is 0 Å². The van der Waals surface area contributed by atoms with Crippen molar-refractivity contribution in [3.63, 3.8) is 0 Å². The number of carbonyl (C=O) groups excluding carboxylic acids is 4. The number of nitrogens with zero attached hydrogens (tertiary/aromatic N) is 1. The first-order valence-electron chi connectivity index (χ1n) is 9.26. The summed E-state index contributed by atoms with van der Waals surface area (Å²) in [4.78, 5) is 50.4. The van der Waals surface area contributed by atoms with Crippen molar-refractivity contribution in [1.82, 2.24) is 10.2 Å². The van der Waals surface area contributed by atoms with Crippen LogP contribution in [0.3, 0.4) is 0 Å². The Balaban J connectivity index is 2.19. The molecule has 0 aromatic carbocycles. The minimum absolute atomic E-state index is 0.268. The zero-order valence-electron chi connectivity index (χ0n) is 17.0. The maximum atomic E-state index is 13.2. The van der Waals surface area contributed by atoms with Crippen molar-refractivity contribution < 1.29 is 28.7 Å². The Labute approximate surface area is 173 Å². The molecule has 0 saturated carbocycles. The van der Waals surface area contributed by atoms with Gasteiger partial charge in [-0.2, -0.15) is 0 Å². The lowest BCUT2D eigenvalue weighted by molar-refractivity contribution is -0.141. The Hall–Kier alpha value is -2.46. The van der Waals surface area contributed by atoms with Crippen LogP contribution in [0.4, 0.5) is 4.79 Å². The Morgan fingerprint density at radius 1 is 1.45 bits per heavy atom. The van der Waals surface area contributed by atoms with E-state index in [-0.39, 0.29) is 12.0 Å². The molecule has 9 nitrogen and oxygen atoms in total. The quantitative estimate of drug-likeness (QED) is 0.646. The van der Waals surface area contributed by atoms with Crippen LogP contribution < -0.4 is 15.8 Å². The lowest BCUT2D eigenvalue weighted by atomic mass is 9.83. The van der Waals surface area contributed by atoms with Crippen LogP contribution in [-0.2, 0) is 19.1 Å². The molecule has 10 heteroatoms. The average molecular weight is 426 g/mol. The van der Waals surface area contributed by atoms with E-state index in [1.165, 1.54) is 18.4 Å². The number of ether oxygens (including phenoxy) is 2. The molecule has 2 heterocycles. The molecule has 1 aliphatic heterocycles.